The van der Waals surface area contributed by atoms with E-state index in [0.717, 1.165) is 33.7 Å². The maximum Gasteiger partial charge on any atom is 0.153 e. The second-order valence-corrected chi connectivity index (χ2v) is 5.36. The zero-order chi connectivity index (χ0) is 14.7. The SMILES string of the molecule is CCNC(c1ccc(C)c(OC)c1)c1c(Br)nnn1C. The van der Waals surface area contributed by atoms with Crippen LogP contribution in [0.25, 0.3) is 0 Å². The number of nitrogens with zero attached hydrogens (tertiary/aromatic N) is 3. The van der Waals surface area contributed by atoms with E-state index in [-0.39, 0.29) is 6.04 Å². The van der Waals surface area contributed by atoms with Gasteiger partial charge >= 0.3 is 0 Å². The van der Waals surface area contributed by atoms with Gasteiger partial charge in [-0.15, -0.1) is 5.10 Å². The lowest BCUT2D eigenvalue weighted by Crippen LogP contribution is -2.24. The molecule has 1 unspecified atom stereocenters. The van der Waals surface area contributed by atoms with Crippen LogP contribution >= 0.6 is 15.9 Å². The minimum Gasteiger partial charge on any atom is -0.496 e. The Bertz CT molecular complexity index is 577. The van der Waals surface area contributed by atoms with Crippen molar-refractivity contribution >= 4 is 15.9 Å². The molecule has 0 aliphatic rings. The first-order valence-corrected chi connectivity index (χ1v) is 7.30. The second kappa shape index (κ2) is 6.37. The molecule has 0 saturated heterocycles. The molecule has 0 fully saturated rings. The first-order valence-electron chi connectivity index (χ1n) is 6.51. The fraction of sp³-hybridized carbons (Fsp3) is 0.429. The summed E-state index contributed by atoms with van der Waals surface area (Å²) in [6.07, 6.45) is 0. The third-order valence-electron chi connectivity index (χ3n) is 3.27. The van der Waals surface area contributed by atoms with E-state index in [9.17, 15) is 0 Å². The van der Waals surface area contributed by atoms with E-state index in [2.05, 4.69) is 56.7 Å². The number of hydrogen-bond donors (Lipinski definition) is 1. The molecule has 6 heteroatoms. The average molecular weight is 339 g/mol. The van der Waals surface area contributed by atoms with Gasteiger partial charge in [0, 0.05) is 7.05 Å². The van der Waals surface area contributed by atoms with Gasteiger partial charge in [-0.05, 0) is 46.6 Å². The summed E-state index contributed by atoms with van der Waals surface area (Å²) in [5.41, 5.74) is 3.24. The molecule has 2 aromatic rings. The highest BCUT2D eigenvalue weighted by atomic mass is 79.9. The van der Waals surface area contributed by atoms with Crippen LogP contribution in [0.5, 0.6) is 5.75 Å². The predicted molar refractivity (Wildman–Crippen MR) is 82.0 cm³/mol. The monoisotopic (exact) mass is 338 g/mol. The highest BCUT2D eigenvalue weighted by Crippen LogP contribution is 2.30. The molecule has 108 valence electrons. The van der Waals surface area contributed by atoms with Gasteiger partial charge in [0.15, 0.2) is 4.60 Å². The van der Waals surface area contributed by atoms with Crippen molar-refractivity contribution in [1.82, 2.24) is 20.3 Å². The summed E-state index contributed by atoms with van der Waals surface area (Å²) in [5.74, 6) is 0.886. The number of nitrogens with one attached hydrogen (secondary N) is 1. The zero-order valence-corrected chi connectivity index (χ0v) is 13.7. The maximum atomic E-state index is 5.41. The van der Waals surface area contributed by atoms with E-state index in [4.69, 9.17) is 4.74 Å². The Labute approximate surface area is 127 Å². The van der Waals surface area contributed by atoms with E-state index >= 15 is 0 Å². The number of methoxy groups -OCH3 is 1. The van der Waals surface area contributed by atoms with E-state index < -0.39 is 0 Å². The number of halogens is 1. The number of rotatable bonds is 5. The summed E-state index contributed by atoms with van der Waals surface area (Å²) in [6.45, 7) is 4.96. The fourth-order valence-electron chi connectivity index (χ4n) is 2.24. The van der Waals surface area contributed by atoms with E-state index in [1.807, 2.05) is 14.0 Å². The van der Waals surface area contributed by atoms with Crippen molar-refractivity contribution in [2.75, 3.05) is 13.7 Å². The molecule has 1 aromatic heterocycles. The van der Waals surface area contributed by atoms with Gasteiger partial charge in [0.1, 0.15) is 5.75 Å². The number of aryl methyl sites for hydroxylation is 2. The molecule has 0 bridgehead atoms. The Hall–Kier alpha value is -1.40. The van der Waals surface area contributed by atoms with Gasteiger partial charge < -0.3 is 10.1 Å². The summed E-state index contributed by atoms with van der Waals surface area (Å²) in [7, 11) is 3.58. The summed E-state index contributed by atoms with van der Waals surface area (Å²) in [5, 5.41) is 11.6. The van der Waals surface area contributed by atoms with Crippen molar-refractivity contribution in [3.05, 3.63) is 39.6 Å². The highest BCUT2D eigenvalue weighted by Gasteiger charge is 2.21. The van der Waals surface area contributed by atoms with Crippen LogP contribution in [-0.2, 0) is 7.05 Å². The number of benzene rings is 1. The lowest BCUT2D eigenvalue weighted by molar-refractivity contribution is 0.410. The quantitative estimate of drug-likeness (QED) is 0.910. The smallest absolute Gasteiger partial charge is 0.153 e. The van der Waals surface area contributed by atoms with Crippen LogP contribution in [0.2, 0.25) is 0 Å². The van der Waals surface area contributed by atoms with Crippen LogP contribution in [0, 0.1) is 6.92 Å². The summed E-state index contributed by atoms with van der Waals surface area (Å²) in [4.78, 5) is 0. The molecule has 20 heavy (non-hydrogen) atoms. The average Bonchev–Trinajstić information content (AvgIpc) is 2.77. The summed E-state index contributed by atoms with van der Waals surface area (Å²) >= 11 is 3.47. The molecule has 0 saturated carbocycles. The van der Waals surface area contributed by atoms with Crippen molar-refractivity contribution in [2.24, 2.45) is 7.05 Å². The second-order valence-electron chi connectivity index (χ2n) is 4.61. The van der Waals surface area contributed by atoms with E-state index in [1.165, 1.54) is 0 Å². The van der Waals surface area contributed by atoms with Gasteiger partial charge in [0.2, 0.25) is 0 Å². The zero-order valence-electron chi connectivity index (χ0n) is 12.1. The number of aromatic nitrogens is 3. The highest BCUT2D eigenvalue weighted by molar-refractivity contribution is 9.10. The normalized spacial score (nSPS) is 12.4. The molecule has 1 atom stereocenters. The van der Waals surface area contributed by atoms with E-state index in [0.29, 0.717) is 0 Å². The van der Waals surface area contributed by atoms with Crippen molar-refractivity contribution < 1.29 is 4.74 Å². The minimum atomic E-state index is 0.0175. The summed E-state index contributed by atoms with van der Waals surface area (Å²) in [6, 6.07) is 6.24. The minimum absolute atomic E-state index is 0.0175. The van der Waals surface area contributed by atoms with Crippen LogP contribution in [0.15, 0.2) is 22.8 Å². The molecule has 1 heterocycles. The van der Waals surface area contributed by atoms with Gasteiger partial charge in [0.05, 0.1) is 18.8 Å². The largest absolute Gasteiger partial charge is 0.496 e. The van der Waals surface area contributed by atoms with Crippen molar-refractivity contribution in [1.29, 1.82) is 0 Å². The Morgan fingerprint density at radius 3 is 2.75 bits per heavy atom. The Balaban J connectivity index is 2.48. The molecule has 2 rings (SSSR count). The number of hydrogen-bond acceptors (Lipinski definition) is 4. The molecule has 0 aliphatic heterocycles. The van der Waals surface area contributed by atoms with Gasteiger partial charge in [-0.1, -0.05) is 24.3 Å². The molecular weight excluding hydrogens is 320 g/mol. The third-order valence-corrected chi connectivity index (χ3v) is 3.84. The van der Waals surface area contributed by atoms with Crippen LogP contribution in [0.4, 0.5) is 0 Å². The first kappa shape index (κ1) is 15.0. The van der Waals surface area contributed by atoms with Crippen molar-refractivity contribution in [3.8, 4) is 5.75 Å². The third kappa shape index (κ3) is 2.86. The maximum absolute atomic E-state index is 5.41. The molecule has 1 N–H and O–H groups in total. The molecule has 0 spiro atoms. The van der Waals surface area contributed by atoms with Crippen LogP contribution in [0.1, 0.15) is 29.8 Å². The Morgan fingerprint density at radius 2 is 2.20 bits per heavy atom. The Kier molecular flexibility index (Phi) is 4.77. The van der Waals surface area contributed by atoms with Gasteiger partial charge in [-0.3, -0.25) is 0 Å². The topological polar surface area (TPSA) is 52.0 Å². The lowest BCUT2D eigenvalue weighted by Gasteiger charge is -2.20. The van der Waals surface area contributed by atoms with Crippen LogP contribution in [-0.4, -0.2) is 28.6 Å². The van der Waals surface area contributed by atoms with Crippen LogP contribution < -0.4 is 10.1 Å². The van der Waals surface area contributed by atoms with Gasteiger partial charge in [-0.2, -0.15) is 0 Å². The van der Waals surface area contributed by atoms with Crippen molar-refractivity contribution in [2.45, 2.75) is 19.9 Å². The van der Waals surface area contributed by atoms with E-state index in [1.54, 1.807) is 11.8 Å². The molecule has 0 aliphatic carbocycles. The molecule has 0 radical (unpaired) electrons. The standard InChI is InChI=1S/C14H19BrN4O/c1-5-16-12(13-14(15)17-18-19(13)3)10-7-6-9(2)11(8-10)20-4/h6-8,12,16H,5H2,1-4H3. The van der Waals surface area contributed by atoms with Crippen LogP contribution in [0.3, 0.4) is 0 Å². The first-order chi connectivity index (χ1) is 9.58. The Morgan fingerprint density at radius 1 is 1.45 bits per heavy atom. The number of ether oxygens (including phenoxy) is 1. The van der Waals surface area contributed by atoms with Gasteiger partial charge in [-0.25, -0.2) is 4.68 Å². The van der Waals surface area contributed by atoms with Crippen molar-refractivity contribution in [3.63, 3.8) is 0 Å². The molecular formula is C14H19BrN4O. The lowest BCUT2D eigenvalue weighted by atomic mass is 10.0. The predicted octanol–water partition coefficient (Wildman–Crippen LogP) is 2.59. The summed E-state index contributed by atoms with van der Waals surface area (Å²) < 4.78 is 7.95. The fourth-order valence-corrected chi connectivity index (χ4v) is 2.79. The molecule has 0 amide bonds. The molecule has 5 nitrogen and oxygen atoms in total. The molecule has 1 aromatic carbocycles. The van der Waals surface area contributed by atoms with Gasteiger partial charge in [0.25, 0.3) is 0 Å².